The van der Waals surface area contributed by atoms with Gasteiger partial charge < -0.3 is 23.7 Å². The lowest BCUT2D eigenvalue weighted by molar-refractivity contribution is -0.226. The van der Waals surface area contributed by atoms with Crippen LogP contribution < -0.4 is 0 Å². The summed E-state index contributed by atoms with van der Waals surface area (Å²) < 4.78 is 29.0. The predicted molar refractivity (Wildman–Crippen MR) is 62.8 cm³/mol. The van der Waals surface area contributed by atoms with Crippen LogP contribution in [0.25, 0.3) is 0 Å². The van der Waals surface area contributed by atoms with Crippen LogP contribution in [-0.2, 0) is 23.7 Å². The second-order valence-corrected chi connectivity index (χ2v) is 6.30. The Hall–Kier alpha value is -0.200. The molecule has 3 saturated heterocycles. The van der Waals surface area contributed by atoms with E-state index in [2.05, 4.69) is 6.92 Å². The highest BCUT2D eigenvalue weighted by Crippen LogP contribution is 2.43. The van der Waals surface area contributed by atoms with E-state index in [0.29, 0.717) is 6.61 Å². The third-order valence-corrected chi connectivity index (χ3v) is 3.81. The molecule has 0 aromatic rings. The van der Waals surface area contributed by atoms with Gasteiger partial charge >= 0.3 is 0 Å². The maximum absolute atomic E-state index is 5.96. The molecular formula is C13H22O5. The van der Waals surface area contributed by atoms with Crippen LogP contribution in [-0.4, -0.2) is 42.8 Å². The van der Waals surface area contributed by atoms with Gasteiger partial charge in [0.1, 0.15) is 12.2 Å². The lowest BCUT2D eigenvalue weighted by Crippen LogP contribution is -2.37. The monoisotopic (exact) mass is 258 g/mol. The molecule has 0 aliphatic carbocycles. The molecule has 3 fully saturated rings. The Labute approximate surface area is 108 Å². The normalized spacial score (nSPS) is 49.5. The minimum absolute atomic E-state index is 0.0164. The first-order chi connectivity index (χ1) is 8.27. The molecule has 0 aromatic heterocycles. The van der Waals surface area contributed by atoms with Crippen LogP contribution in [0.5, 0.6) is 0 Å². The Morgan fingerprint density at radius 3 is 2.17 bits per heavy atom. The lowest BCUT2D eigenvalue weighted by atomic mass is 9.97. The zero-order valence-electron chi connectivity index (χ0n) is 11.6. The molecule has 3 rings (SSSR count). The molecule has 3 heterocycles. The van der Waals surface area contributed by atoms with E-state index in [1.165, 1.54) is 0 Å². The van der Waals surface area contributed by atoms with Gasteiger partial charge in [-0.15, -0.1) is 0 Å². The van der Waals surface area contributed by atoms with E-state index in [-0.39, 0.29) is 30.5 Å². The molecular weight excluding hydrogens is 236 g/mol. The molecule has 18 heavy (non-hydrogen) atoms. The number of fused-ring (bicyclic) bond motifs is 1. The topological polar surface area (TPSA) is 46.2 Å². The SMILES string of the molecule is C[C@H]1C([C@H]2COC(C)(C)O2)OC2OC(C)(C)O[C@@H]21. The van der Waals surface area contributed by atoms with E-state index < -0.39 is 11.6 Å². The summed E-state index contributed by atoms with van der Waals surface area (Å²) in [6.45, 7) is 10.3. The Morgan fingerprint density at radius 1 is 0.889 bits per heavy atom. The Morgan fingerprint density at radius 2 is 1.61 bits per heavy atom. The zero-order valence-corrected chi connectivity index (χ0v) is 11.6. The fraction of sp³-hybridized carbons (Fsp3) is 1.00. The van der Waals surface area contributed by atoms with Gasteiger partial charge in [0.15, 0.2) is 17.9 Å². The van der Waals surface area contributed by atoms with E-state index in [1.807, 2.05) is 27.7 Å². The highest BCUT2D eigenvalue weighted by molar-refractivity contribution is 4.95. The first kappa shape index (κ1) is 12.8. The summed E-state index contributed by atoms with van der Waals surface area (Å²) in [6, 6.07) is 0. The summed E-state index contributed by atoms with van der Waals surface area (Å²) in [5.41, 5.74) is 0. The lowest BCUT2D eigenvalue weighted by Gasteiger charge is -2.27. The molecule has 0 spiro atoms. The number of ether oxygens (including phenoxy) is 5. The van der Waals surface area contributed by atoms with Crippen LogP contribution in [0.2, 0.25) is 0 Å². The molecule has 104 valence electrons. The van der Waals surface area contributed by atoms with Gasteiger partial charge in [-0.05, 0) is 27.7 Å². The maximum Gasteiger partial charge on any atom is 0.187 e. The van der Waals surface area contributed by atoms with Crippen molar-refractivity contribution in [3.8, 4) is 0 Å². The zero-order chi connectivity index (χ0) is 13.1. The second-order valence-electron chi connectivity index (χ2n) is 6.30. The largest absolute Gasteiger partial charge is 0.348 e. The van der Waals surface area contributed by atoms with Crippen LogP contribution >= 0.6 is 0 Å². The summed E-state index contributed by atoms with van der Waals surface area (Å²) in [6.07, 6.45) is -0.376. The average molecular weight is 258 g/mol. The maximum atomic E-state index is 5.96. The van der Waals surface area contributed by atoms with Crippen molar-refractivity contribution in [3.63, 3.8) is 0 Å². The van der Waals surface area contributed by atoms with Gasteiger partial charge in [-0.2, -0.15) is 0 Å². The third-order valence-electron chi connectivity index (χ3n) is 3.81. The standard InChI is InChI=1S/C13H22O5/c1-7-9(8-6-14-12(2,3)16-8)15-11-10(7)17-13(4,5)18-11/h7-11H,6H2,1-5H3/t7-,8+,9?,10+,11?/m0/s1. The number of hydrogen-bond donors (Lipinski definition) is 0. The van der Waals surface area contributed by atoms with Gasteiger partial charge in [0.25, 0.3) is 0 Å². The molecule has 5 heteroatoms. The van der Waals surface area contributed by atoms with Gasteiger partial charge in [0.05, 0.1) is 12.7 Å². The highest BCUT2D eigenvalue weighted by atomic mass is 16.8. The minimum atomic E-state index is -0.555. The summed E-state index contributed by atoms with van der Waals surface area (Å²) in [5.74, 6) is -0.841. The van der Waals surface area contributed by atoms with Crippen LogP contribution in [0.1, 0.15) is 34.6 Å². The fourth-order valence-corrected chi connectivity index (χ4v) is 2.99. The number of rotatable bonds is 1. The quantitative estimate of drug-likeness (QED) is 0.715. The molecule has 2 unspecified atom stereocenters. The van der Waals surface area contributed by atoms with E-state index in [4.69, 9.17) is 23.7 Å². The highest BCUT2D eigenvalue weighted by Gasteiger charge is 2.56. The molecule has 0 bridgehead atoms. The van der Waals surface area contributed by atoms with Crippen LogP contribution in [0.3, 0.4) is 0 Å². The third kappa shape index (κ3) is 2.08. The molecule has 5 nitrogen and oxygen atoms in total. The van der Waals surface area contributed by atoms with Crippen molar-refractivity contribution >= 4 is 0 Å². The van der Waals surface area contributed by atoms with Crippen molar-refractivity contribution in [2.24, 2.45) is 5.92 Å². The van der Waals surface area contributed by atoms with Gasteiger partial charge in [-0.25, -0.2) is 0 Å². The summed E-state index contributed by atoms with van der Waals surface area (Å²) in [5, 5.41) is 0. The van der Waals surface area contributed by atoms with E-state index in [1.54, 1.807) is 0 Å². The summed E-state index contributed by atoms with van der Waals surface area (Å²) >= 11 is 0. The molecule has 3 aliphatic rings. The molecule has 5 atom stereocenters. The molecule has 0 saturated carbocycles. The van der Waals surface area contributed by atoms with Gasteiger partial charge in [-0.1, -0.05) is 6.92 Å². The molecule has 3 aliphatic heterocycles. The van der Waals surface area contributed by atoms with Crippen molar-refractivity contribution in [2.45, 2.75) is 70.8 Å². The second kappa shape index (κ2) is 3.90. The van der Waals surface area contributed by atoms with Gasteiger partial charge in [0, 0.05) is 5.92 Å². The van der Waals surface area contributed by atoms with Gasteiger partial charge in [0.2, 0.25) is 0 Å². The smallest absolute Gasteiger partial charge is 0.187 e. The molecule has 0 N–H and O–H groups in total. The van der Waals surface area contributed by atoms with E-state index >= 15 is 0 Å². The minimum Gasteiger partial charge on any atom is -0.348 e. The van der Waals surface area contributed by atoms with Crippen molar-refractivity contribution in [2.75, 3.05) is 6.61 Å². The van der Waals surface area contributed by atoms with Crippen LogP contribution in [0.4, 0.5) is 0 Å². The molecule has 0 amide bonds. The number of hydrogen-bond acceptors (Lipinski definition) is 5. The van der Waals surface area contributed by atoms with Crippen molar-refractivity contribution < 1.29 is 23.7 Å². The van der Waals surface area contributed by atoms with Crippen molar-refractivity contribution in [3.05, 3.63) is 0 Å². The van der Waals surface area contributed by atoms with E-state index in [9.17, 15) is 0 Å². The average Bonchev–Trinajstić information content (AvgIpc) is 2.81. The molecule has 0 radical (unpaired) electrons. The Bertz CT molecular complexity index is 340. The first-order valence-electron chi connectivity index (χ1n) is 6.60. The molecule has 0 aromatic carbocycles. The Balaban J connectivity index is 1.68. The Kier molecular flexibility index (Phi) is 2.78. The predicted octanol–water partition coefficient (Wildman–Crippen LogP) is 1.65. The van der Waals surface area contributed by atoms with Crippen molar-refractivity contribution in [1.29, 1.82) is 0 Å². The summed E-state index contributed by atoms with van der Waals surface area (Å²) in [7, 11) is 0. The van der Waals surface area contributed by atoms with E-state index in [0.717, 1.165) is 0 Å². The van der Waals surface area contributed by atoms with Gasteiger partial charge in [-0.3, -0.25) is 0 Å². The van der Waals surface area contributed by atoms with Crippen LogP contribution in [0, 0.1) is 5.92 Å². The van der Waals surface area contributed by atoms with Crippen molar-refractivity contribution in [1.82, 2.24) is 0 Å². The summed E-state index contributed by atoms with van der Waals surface area (Å²) in [4.78, 5) is 0. The van der Waals surface area contributed by atoms with Crippen LogP contribution in [0.15, 0.2) is 0 Å². The fourth-order valence-electron chi connectivity index (χ4n) is 2.99. The first-order valence-corrected chi connectivity index (χ1v) is 6.60.